The van der Waals surface area contributed by atoms with Gasteiger partial charge in [-0.2, -0.15) is 13.2 Å². The van der Waals surface area contributed by atoms with Gasteiger partial charge in [0.2, 0.25) is 0 Å². The summed E-state index contributed by atoms with van der Waals surface area (Å²) < 4.78 is 38.1. The molecule has 0 spiro atoms. The highest BCUT2D eigenvalue weighted by atomic mass is 19.4. The summed E-state index contributed by atoms with van der Waals surface area (Å²) in [6.07, 6.45) is -0.801. The molecule has 3 unspecified atom stereocenters. The molecule has 2 nitrogen and oxygen atoms in total. The van der Waals surface area contributed by atoms with Crippen molar-refractivity contribution in [3.63, 3.8) is 0 Å². The van der Waals surface area contributed by atoms with Crippen LogP contribution in [0.2, 0.25) is 0 Å². The van der Waals surface area contributed by atoms with E-state index < -0.39 is 11.7 Å². The third kappa shape index (κ3) is 4.71. The van der Waals surface area contributed by atoms with Crippen LogP contribution in [-0.2, 0) is 6.18 Å². The predicted molar refractivity (Wildman–Crippen MR) is 75.8 cm³/mol. The van der Waals surface area contributed by atoms with Crippen molar-refractivity contribution in [2.24, 2.45) is 5.92 Å². The maximum Gasteiger partial charge on any atom is 0.416 e. The quantitative estimate of drug-likeness (QED) is 0.884. The summed E-state index contributed by atoms with van der Waals surface area (Å²) in [7, 11) is 0. The van der Waals surface area contributed by atoms with E-state index in [1.54, 1.807) is 6.07 Å². The molecule has 0 aliphatic heterocycles. The Labute approximate surface area is 123 Å². The molecule has 2 N–H and O–H groups in total. The number of halogens is 3. The van der Waals surface area contributed by atoms with Gasteiger partial charge in [0.1, 0.15) is 0 Å². The summed E-state index contributed by atoms with van der Waals surface area (Å²) in [5.41, 5.74) is 0.0305. The van der Waals surface area contributed by atoms with E-state index in [4.69, 9.17) is 0 Å². The lowest BCUT2D eigenvalue weighted by Crippen LogP contribution is -2.30. The standard InChI is InChI=1S/C16H22F3NO/c1-11(20-10-12-4-2-7-15(21)8-12)13-5-3-6-14(9-13)16(17,18)19/h3,5-6,9,11-12,15,20-21H,2,4,7-8,10H2,1H3. The van der Waals surface area contributed by atoms with Crippen molar-refractivity contribution in [3.05, 3.63) is 35.4 Å². The number of alkyl halides is 3. The minimum absolute atomic E-state index is 0.133. The van der Waals surface area contributed by atoms with Crippen LogP contribution in [0.5, 0.6) is 0 Å². The highest BCUT2D eigenvalue weighted by molar-refractivity contribution is 5.27. The lowest BCUT2D eigenvalue weighted by atomic mass is 9.87. The largest absolute Gasteiger partial charge is 0.416 e. The molecule has 0 heterocycles. The third-order valence-corrected chi connectivity index (χ3v) is 4.18. The average Bonchev–Trinajstić information content (AvgIpc) is 2.44. The number of aliphatic hydroxyl groups is 1. The fourth-order valence-corrected chi connectivity index (χ4v) is 2.89. The van der Waals surface area contributed by atoms with Crippen LogP contribution in [0.25, 0.3) is 0 Å². The Morgan fingerprint density at radius 1 is 1.33 bits per heavy atom. The average molecular weight is 301 g/mol. The fraction of sp³-hybridized carbons (Fsp3) is 0.625. The van der Waals surface area contributed by atoms with Crippen molar-refractivity contribution in [2.75, 3.05) is 6.54 Å². The molecule has 1 aromatic carbocycles. The van der Waals surface area contributed by atoms with E-state index >= 15 is 0 Å². The van der Waals surface area contributed by atoms with Crippen LogP contribution >= 0.6 is 0 Å². The zero-order valence-electron chi connectivity index (χ0n) is 12.2. The van der Waals surface area contributed by atoms with E-state index in [0.29, 0.717) is 11.5 Å². The number of benzene rings is 1. The second kappa shape index (κ2) is 6.79. The van der Waals surface area contributed by atoms with Crippen LogP contribution in [0.1, 0.15) is 49.8 Å². The zero-order chi connectivity index (χ0) is 15.5. The summed E-state index contributed by atoms with van der Waals surface area (Å²) >= 11 is 0. The summed E-state index contributed by atoms with van der Waals surface area (Å²) in [6.45, 7) is 2.60. The Bertz CT molecular complexity index is 461. The lowest BCUT2D eigenvalue weighted by molar-refractivity contribution is -0.137. The van der Waals surface area contributed by atoms with Gasteiger partial charge in [-0.25, -0.2) is 0 Å². The van der Waals surface area contributed by atoms with Gasteiger partial charge in [-0.3, -0.25) is 0 Å². The van der Waals surface area contributed by atoms with E-state index in [1.165, 1.54) is 12.1 Å². The highest BCUT2D eigenvalue weighted by Gasteiger charge is 2.30. The fourth-order valence-electron chi connectivity index (χ4n) is 2.89. The van der Waals surface area contributed by atoms with Gasteiger partial charge in [-0.1, -0.05) is 18.6 Å². The molecule has 0 radical (unpaired) electrons. The van der Waals surface area contributed by atoms with Gasteiger partial charge in [0.05, 0.1) is 11.7 Å². The number of aliphatic hydroxyl groups excluding tert-OH is 1. The summed E-state index contributed by atoms with van der Waals surface area (Å²) in [4.78, 5) is 0. The Balaban J connectivity index is 1.92. The van der Waals surface area contributed by atoms with Crippen LogP contribution in [0.3, 0.4) is 0 Å². The second-order valence-corrected chi connectivity index (χ2v) is 5.94. The van der Waals surface area contributed by atoms with Crippen molar-refractivity contribution in [1.29, 1.82) is 0 Å². The molecular weight excluding hydrogens is 279 g/mol. The van der Waals surface area contributed by atoms with Gasteiger partial charge in [0, 0.05) is 6.04 Å². The first-order valence-electron chi connectivity index (χ1n) is 7.45. The third-order valence-electron chi connectivity index (χ3n) is 4.18. The van der Waals surface area contributed by atoms with E-state index in [0.717, 1.165) is 38.3 Å². The normalized spacial score (nSPS) is 24.8. The van der Waals surface area contributed by atoms with Gasteiger partial charge in [0.25, 0.3) is 0 Å². The highest BCUT2D eigenvalue weighted by Crippen LogP contribution is 2.31. The molecule has 0 saturated heterocycles. The molecule has 0 aromatic heterocycles. The first-order valence-corrected chi connectivity index (χ1v) is 7.45. The van der Waals surface area contributed by atoms with Crippen molar-refractivity contribution in [1.82, 2.24) is 5.32 Å². The molecule has 1 aliphatic rings. The molecule has 1 aromatic rings. The Morgan fingerprint density at radius 2 is 2.10 bits per heavy atom. The molecule has 1 fully saturated rings. The van der Waals surface area contributed by atoms with Gasteiger partial charge < -0.3 is 10.4 Å². The first-order chi connectivity index (χ1) is 9.86. The van der Waals surface area contributed by atoms with Crippen molar-refractivity contribution < 1.29 is 18.3 Å². The maximum atomic E-state index is 12.7. The summed E-state index contributed by atoms with van der Waals surface area (Å²) in [5, 5.41) is 12.9. The molecule has 3 atom stereocenters. The van der Waals surface area contributed by atoms with Crippen molar-refractivity contribution >= 4 is 0 Å². The molecule has 5 heteroatoms. The molecular formula is C16H22F3NO. The van der Waals surface area contributed by atoms with E-state index in [2.05, 4.69) is 5.32 Å². The van der Waals surface area contributed by atoms with Crippen LogP contribution in [-0.4, -0.2) is 17.8 Å². The number of rotatable bonds is 4. The van der Waals surface area contributed by atoms with Gasteiger partial charge >= 0.3 is 6.18 Å². The maximum absolute atomic E-state index is 12.7. The number of hydrogen-bond donors (Lipinski definition) is 2. The van der Waals surface area contributed by atoms with Crippen LogP contribution in [0, 0.1) is 5.92 Å². The monoisotopic (exact) mass is 301 g/mol. The Morgan fingerprint density at radius 3 is 2.76 bits per heavy atom. The number of nitrogens with one attached hydrogen (secondary N) is 1. The van der Waals surface area contributed by atoms with Crippen molar-refractivity contribution in [3.8, 4) is 0 Å². The molecule has 2 rings (SSSR count). The molecule has 1 saturated carbocycles. The van der Waals surface area contributed by atoms with Crippen LogP contribution < -0.4 is 5.32 Å². The summed E-state index contributed by atoms with van der Waals surface area (Å²) in [5.74, 6) is 0.405. The Hall–Kier alpha value is -1.07. The zero-order valence-corrected chi connectivity index (χ0v) is 12.2. The van der Waals surface area contributed by atoms with Gasteiger partial charge in [-0.05, 0) is 56.3 Å². The minimum atomic E-state index is -4.30. The SMILES string of the molecule is CC(NCC1CCCC(O)C1)c1cccc(C(F)(F)F)c1. The topological polar surface area (TPSA) is 32.3 Å². The Kier molecular flexibility index (Phi) is 5.27. The minimum Gasteiger partial charge on any atom is -0.393 e. The lowest BCUT2D eigenvalue weighted by Gasteiger charge is -2.27. The first kappa shape index (κ1) is 16.3. The molecule has 21 heavy (non-hydrogen) atoms. The molecule has 0 bridgehead atoms. The van der Waals surface area contributed by atoms with Crippen LogP contribution in [0.15, 0.2) is 24.3 Å². The van der Waals surface area contributed by atoms with Gasteiger partial charge in [-0.15, -0.1) is 0 Å². The van der Waals surface area contributed by atoms with E-state index in [-0.39, 0.29) is 12.1 Å². The summed E-state index contributed by atoms with van der Waals surface area (Å²) in [6, 6.07) is 5.32. The number of hydrogen-bond acceptors (Lipinski definition) is 2. The second-order valence-electron chi connectivity index (χ2n) is 5.94. The van der Waals surface area contributed by atoms with E-state index in [1.807, 2.05) is 6.92 Å². The predicted octanol–water partition coefficient (Wildman–Crippen LogP) is 3.91. The van der Waals surface area contributed by atoms with E-state index in [9.17, 15) is 18.3 Å². The van der Waals surface area contributed by atoms with Gasteiger partial charge in [0.15, 0.2) is 0 Å². The van der Waals surface area contributed by atoms with Crippen LogP contribution in [0.4, 0.5) is 13.2 Å². The molecule has 118 valence electrons. The molecule has 1 aliphatic carbocycles. The smallest absolute Gasteiger partial charge is 0.393 e. The van der Waals surface area contributed by atoms with Crippen molar-refractivity contribution in [2.45, 2.75) is 50.9 Å². The molecule has 0 amide bonds.